The first-order valence-electron chi connectivity index (χ1n) is 21.6. The molecule has 0 bridgehead atoms. The number of hydrogen-bond donors (Lipinski definition) is 1. The molecule has 0 aliphatic heterocycles. The van der Waals surface area contributed by atoms with Crippen molar-refractivity contribution in [3.8, 4) is 11.6 Å². The Kier molecular flexibility index (Phi) is 13.3. The SMILES string of the molecule is CCCCOc1noc2c1C(=O)[C@@]1(O[Si](C)(C)C(C)(C)C)C(O)=C3C(=O)c4c(cc(N(C(=O)OC(C)(C)C)C(=O)OC(C)(C)C)cc4OC(=O)OC(C)(C)C)C[C@H]3C[C@H]1[C@@H]2N(C)C. The molecule has 1 aromatic heterocycles. The predicted molar refractivity (Wildman–Crippen MR) is 236 cm³/mol. The molecule has 0 fully saturated rings. The van der Waals surface area contributed by atoms with Crippen molar-refractivity contribution >= 4 is 43.9 Å². The van der Waals surface area contributed by atoms with Crippen molar-refractivity contribution in [3.63, 3.8) is 0 Å². The number of imide groups is 1. The summed E-state index contributed by atoms with van der Waals surface area (Å²) in [5.74, 6) is -3.62. The monoisotopic (exact) mass is 897 g/mol. The molecular formula is C46H67N3O13Si. The van der Waals surface area contributed by atoms with E-state index in [1.807, 2.05) is 59.8 Å². The molecule has 5 rings (SSSR count). The molecule has 1 heterocycles. The second kappa shape index (κ2) is 17.0. The van der Waals surface area contributed by atoms with E-state index in [0.29, 0.717) is 11.3 Å². The van der Waals surface area contributed by atoms with Crippen LogP contribution >= 0.6 is 0 Å². The number of ether oxygens (including phenoxy) is 5. The van der Waals surface area contributed by atoms with Crippen molar-refractivity contribution in [1.29, 1.82) is 0 Å². The Morgan fingerprint density at radius 2 is 1.46 bits per heavy atom. The van der Waals surface area contributed by atoms with Crippen LogP contribution in [0.5, 0.6) is 11.6 Å². The van der Waals surface area contributed by atoms with Crippen LogP contribution in [0.25, 0.3) is 0 Å². The lowest BCUT2D eigenvalue weighted by Gasteiger charge is -2.55. The second-order valence-electron chi connectivity index (χ2n) is 21.4. The molecule has 0 saturated heterocycles. The average Bonchev–Trinajstić information content (AvgIpc) is 3.49. The number of carbonyl (C=O) groups is 5. The molecular weight excluding hydrogens is 831 g/mol. The molecule has 4 atom stereocenters. The third-order valence-electron chi connectivity index (χ3n) is 11.6. The number of amides is 2. The summed E-state index contributed by atoms with van der Waals surface area (Å²) >= 11 is 0. The van der Waals surface area contributed by atoms with Crippen LogP contribution in [0, 0.1) is 11.8 Å². The molecule has 1 aromatic carbocycles. The molecule has 17 heteroatoms. The number of Topliss-reactive ketones (excluding diaryl/α,β-unsaturated/α-hetero) is 2. The minimum absolute atomic E-state index is 0.0210. The zero-order valence-electron chi connectivity index (χ0n) is 40.1. The molecule has 0 radical (unpaired) electrons. The number of fused-ring (bicyclic) bond motifs is 4. The number of aliphatic hydroxyl groups excluding tert-OH is 1. The predicted octanol–water partition coefficient (Wildman–Crippen LogP) is 10.3. The van der Waals surface area contributed by atoms with Gasteiger partial charge in [0.25, 0.3) is 5.88 Å². The molecule has 1 N–H and O–H groups in total. The first-order valence-corrected chi connectivity index (χ1v) is 24.5. The van der Waals surface area contributed by atoms with Crippen LogP contribution in [-0.4, -0.2) is 96.5 Å². The fraction of sp³-hybridized carbons (Fsp3) is 0.652. The fourth-order valence-electron chi connectivity index (χ4n) is 8.01. The third-order valence-corrected chi connectivity index (χ3v) is 16.0. The lowest BCUT2D eigenvalue weighted by molar-refractivity contribution is -0.0480. The van der Waals surface area contributed by atoms with E-state index in [0.717, 1.165) is 6.42 Å². The summed E-state index contributed by atoms with van der Waals surface area (Å²) in [5, 5.41) is 16.8. The topological polar surface area (TPSA) is 193 Å². The zero-order chi connectivity index (χ0) is 47.6. The van der Waals surface area contributed by atoms with Gasteiger partial charge < -0.3 is 37.7 Å². The number of carbonyl (C=O) groups excluding carboxylic acids is 5. The summed E-state index contributed by atoms with van der Waals surface area (Å²) in [5.41, 5.74) is -5.21. The van der Waals surface area contributed by atoms with Crippen molar-refractivity contribution in [2.24, 2.45) is 11.8 Å². The normalized spacial score (nSPS) is 21.5. The van der Waals surface area contributed by atoms with Gasteiger partial charge in [0.15, 0.2) is 25.5 Å². The summed E-state index contributed by atoms with van der Waals surface area (Å²) in [6.45, 7) is 27.0. The van der Waals surface area contributed by atoms with Crippen LogP contribution in [0.1, 0.15) is 147 Å². The number of aromatic nitrogens is 1. The van der Waals surface area contributed by atoms with Crippen LogP contribution in [0.3, 0.4) is 0 Å². The fourth-order valence-corrected chi connectivity index (χ4v) is 9.46. The maximum absolute atomic E-state index is 15.5. The van der Waals surface area contributed by atoms with Gasteiger partial charge in [0.05, 0.1) is 23.9 Å². The molecule has 16 nitrogen and oxygen atoms in total. The van der Waals surface area contributed by atoms with E-state index in [2.05, 4.69) is 5.16 Å². The summed E-state index contributed by atoms with van der Waals surface area (Å²) < 4.78 is 41.8. The van der Waals surface area contributed by atoms with Gasteiger partial charge in [0.1, 0.15) is 33.9 Å². The third kappa shape index (κ3) is 9.85. The van der Waals surface area contributed by atoms with Gasteiger partial charge in [-0.3, -0.25) is 14.5 Å². The van der Waals surface area contributed by atoms with Crippen molar-refractivity contribution in [3.05, 3.63) is 45.9 Å². The van der Waals surface area contributed by atoms with E-state index in [4.69, 9.17) is 32.6 Å². The zero-order valence-corrected chi connectivity index (χ0v) is 41.1. The van der Waals surface area contributed by atoms with Gasteiger partial charge in [-0.1, -0.05) is 34.1 Å². The Balaban J connectivity index is 1.81. The van der Waals surface area contributed by atoms with Gasteiger partial charge in [-0.05, 0) is 137 Å². The number of benzene rings is 1. The molecule has 2 amide bonds. The van der Waals surface area contributed by atoms with Crippen LogP contribution in [0.2, 0.25) is 18.1 Å². The van der Waals surface area contributed by atoms with Crippen molar-refractivity contribution in [2.75, 3.05) is 25.6 Å². The minimum Gasteiger partial charge on any atom is -0.508 e. The van der Waals surface area contributed by atoms with Gasteiger partial charge in [-0.25, -0.2) is 14.4 Å². The lowest BCUT2D eigenvalue weighted by Crippen LogP contribution is -2.65. The maximum Gasteiger partial charge on any atom is 0.514 e. The van der Waals surface area contributed by atoms with E-state index >= 15 is 9.59 Å². The number of aliphatic hydroxyl groups is 1. The van der Waals surface area contributed by atoms with E-state index in [1.54, 1.807) is 62.3 Å². The lowest BCUT2D eigenvalue weighted by atomic mass is 9.58. The molecule has 2 aromatic rings. The van der Waals surface area contributed by atoms with Gasteiger partial charge in [0, 0.05) is 17.6 Å². The van der Waals surface area contributed by atoms with Gasteiger partial charge in [0.2, 0.25) is 5.78 Å². The number of anilines is 1. The standard InChI is InChI=1S/C46H67N3O13Si/c1-18-19-20-56-38-32-35(61-47-38)33(48(14)15)28-23-26-21-25-22-27(49(39(53)58-42(2,3)4)40(54)59-43(5,6)7)24-29(57-41(55)60-44(8,9)10)30(25)34(50)31(26)36(51)46(28,37(32)52)62-63(16,17)45(11,12)13/h22,24,26,28,33,51H,18-21,23H2,1-17H3/t26-,28-,33-,46-/m0/s1. The molecule has 0 saturated carbocycles. The molecule has 0 unspecified atom stereocenters. The molecule has 63 heavy (non-hydrogen) atoms. The summed E-state index contributed by atoms with van der Waals surface area (Å²) in [4.78, 5) is 74.6. The Morgan fingerprint density at radius 3 is 1.97 bits per heavy atom. The first-order chi connectivity index (χ1) is 28.7. The number of ketones is 2. The van der Waals surface area contributed by atoms with Crippen LogP contribution in [0.15, 0.2) is 28.0 Å². The molecule has 3 aliphatic rings. The highest BCUT2D eigenvalue weighted by Crippen LogP contribution is 2.60. The van der Waals surface area contributed by atoms with Gasteiger partial charge in [-0.15, -0.1) is 0 Å². The first kappa shape index (κ1) is 49.3. The minimum atomic E-state index is -3.00. The number of nitrogens with zero attached hydrogens (tertiary/aromatic N) is 3. The highest BCUT2D eigenvalue weighted by molar-refractivity contribution is 6.74. The molecule has 3 aliphatic carbocycles. The van der Waals surface area contributed by atoms with Crippen LogP contribution in [0.4, 0.5) is 20.1 Å². The van der Waals surface area contributed by atoms with E-state index in [9.17, 15) is 19.5 Å². The Morgan fingerprint density at radius 1 is 0.889 bits per heavy atom. The largest absolute Gasteiger partial charge is 0.514 e. The Hall–Kier alpha value is -4.74. The molecule has 348 valence electrons. The highest BCUT2D eigenvalue weighted by Gasteiger charge is 2.67. The Labute approximate surface area is 372 Å². The summed E-state index contributed by atoms with van der Waals surface area (Å²) in [6.07, 6.45) is -1.66. The van der Waals surface area contributed by atoms with Crippen LogP contribution in [-0.2, 0) is 25.1 Å². The summed E-state index contributed by atoms with van der Waals surface area (Å²) in [7, 11) is 0.649. The number of unbranched alkanes of at least 4 members (excludes halogenated alkanes) is 1. The van der Waals surface area contributed by atoms with Crippen LogP contribution < -0.4 is 14.4 Å². The average molecular weight is 898 g/mol. The summed E-state index contributed by atoms with van der Waals surface area (Å²) in [6, 6.07) is 1.96. The highest BCUT2D eigenvalue weighted by atomic mass is 28.4. The maximum atomic E-state index is 15.5. The van der Waals surface area contributed by atoms with E-state index in [-0.39, 0.29) is 64.8 Å². The van der Waals surface area contributed by atoms with Gasteiger partial charge >= 0.3 is 18.3 Å². The number of hydrogen-bond acceptors (Lipinski definition) is 15. The number of allylic oxidation sites excluding steroid dienone is 1. The smallest absolute Gasteiger partial charge is 0.508 e. The quantitative estimate of drug-likeness (QED) is 0.0821. The second-order valence-corrected chi connectivity index (χ2v) is 26.2. The van der Waals surface area contributed by atoms with Crippen molar-refractivity contribution in [2.45, 2.75) is 162 Å². The van der Waals surface area contributed by atoms with E-state index in [1.165, 1.54) is 12.1 Å². The van der Waals surface area contributed by atoms with Crippen molar-refractivity contribution in [1.82, 2.24) is 10.1 Å². The van der Waals surface area contributed by atoms with E-state index < -0.39 is 89.3 Å². The number of rotatable bonds is 9. The van der Waals surface area contributed by atoms with Gasteiger partial charge in [-0.2, -0.15) is 4.90 Å². The Bertz CT molecular complexity index is 2150. The van der Waals surface area contributed by atoms with Crippen molar-refractivity contribution < 1.29 is 61.7 Å². The molecule has 0 spiro atoms.